The van der Waals surface area contributed by atoms with E-state index in [9.17, 15) is 8.78 Å². The molecule has 3 rings (SSSR count). The first-order chi connectivity index (χ1) is 10.6. The molecule has 0 aliphatic carbocycles. The fourth-order valence-corrected chi connectivity index (χ4v) is 3.70. The summed E-state index contributed by atoms with van der Waals surface area (Å²) in [5, 5.41) is 0. The molecule has 0 radical (unpaired) electrons. The quantitative estimate of drug-likeness (QED) is 0.856. The summed E-state index contributed by atoms with van der Waals surface area (Å²) in [7, 11) is 1.75. The van der Waals surface area contributed by atoms with Crippen LogP contribution in [0.2, 0.25) is 0 Å². The van der Waals surface area contributed by atoms with E-state index in [4.69, 9.17) is 9.47 Å². The predicted molar refractivity (Wildman–Crippen MR) is 79.6 cm³/mol. The second-order valence-corrected chi connectivity index (χ2v) is 6.27. The van der Waals surface area contributed by atoms with Crippen molar-refractivity contribution >= 4 is 0 Å². The summed E-state index contributed by atoms with van der Waals surface area (Å²) in [6, 6.07) is 4.37. The van der Waals surface area contributed by atoms with E-state index in [2.05, 4.69) is 4.90 Å². The molecule has 2 saturated heterocycles. The Morgan fingerprint density at radius 2 is 2.09 bits per heavy atom. The van der Waals surface area contributed by atoms with Gasteiger partial charge >= 0.3 is 0 Å². The summed E-state index contributed by atoms with van der Waals surface area (Å²) in [5.41, 5.74) is 0.230. The van der Waals surface area contributed by atoms with Gasteiger partial charge in [-0.25, -0.2) is 8.78 Å². The number of halogens is 2. The monoisotopic (exact) mass is 311 g/mol. The molecule has 1 aromatic rings. The average Bonchev–Trinajstić information content (AvgIpc) is 2.54. The van der Waals surface area contributed by atoms with E-state index in [-0.39, 0.29) is 11.7 Å². The lowest BCUT2D eigenvalue weighted by Gasteiger charge is -2.48. The van der Waals surface area contributed by atoms with E-state index in [0.29, 0.717) is 12.1 Å². The number of nitrogens with zero attached hydrogens (tertiary/aromatic N) is 1. The molecule has 0 N–H and O–H groups in total. The van der Waals surface area contributed by atoms with E-state index in [0.717, 1.165) is 51.4 Å². The largest absolute Gasteiger partial charge is 0.378 e. The van der Waals surface area contributed by atoms with Crippen molar-refractivity contribution in [3.63, 3.8) is 0 Å². The van der Waals surface area contributed by atoms with Gasteiger partial charge in [0.2, 0.25) is 0 Å². The molecular formula is C17H23F2NO2. The number of ether oxygens (including phenoxy) is 2. The van der Waals surface area contributed by atoms with E-state index in [1.165, 1.54) is 0 Å². The SMILES string of the molecule is CO[C@@H]1CCCOC12CCN(Cc1cccc(F)c1F)CC2. The van der Waals surface area contributed by atoms with Crippen molar-refractivity contribution in [2.45, 2.75) is 43.9 Å². The van der Waals surface area contributed by atoms with Crippen molar-refractivity contribution in [3.8, 4) is 0 Å². The summed E-state index contributed by atoms with van der Waals surface area (Å²) >= 11 is 0. The first-order valence-electron chi connectivity index (χ1n) is 7.96. The fraction of sp³-hybridized carbons (Fsp3) is 0.647. The zero-order valence-electron chi connectivity index (χ0n) is 13.0. The minimum Gasteiger partial charge on any atom is -0.378 e. The third-order valence-electron chi connectivity index (χ3n) is 5.00. The Labute approximate surface area is 130 Å². The zero-order chi connectivity index (χ0) is 15.6. The molecule has 0 amide bonds. The molecule has 22 heavy (non-hydrogen) atoms. The van der Waals surface area contributed by atoms with Gasteiger partial charge in [-0.15, -0.1) is 0 Å². The van der Waals surface area contributed by atoms with Crippen molar-refractivity contribution in [2.24, 2.45) is 0 Å². The highest BCUT2D eigenvalue weighted by Crippen LogP contribution is 2.37. The van der Waals surface area contributed by atoms with Gasteiger partial charge in [0.25, 0.3) is 0 Å². The molecule has 2 fully saturated rings. The second-order valence-electron chi connectivity index (χ2n) is 6.27. The summed E-state index contributed by atoms with van der Waals surface area (Å²) in [5.74, 6) is -1.51. The summed E-state index contributed by atoms with van der Waals surface area (Å²) < 4.78 is 38.7. The molecule has 5 heteroatoms. The van der Waals surface area contributed by atoms with Crippen LogP contribution in [0.1, 0.15) is 31.2 Å². The number of hydrogen-bond donors (Lipinski definition) is 0. The van der Waals surface area contributed by atoms with Crippen LogP contribution < -0.4 is 0 Å². The maximum Gasteiger partial charge on any atom is 0.163 e. The summed E-state index contributed by atoms with van der Waals surface area (Å²) in [6.45, 7) is 2.86. The second kappa shape index (κ2) is 6.60. The molecule has 0 bridgehead atoms. The first kappa shape index (κ1) is 15.8. The van der Waals surface area contributed by atoms with Crippen molar-refractivity contribution in [2.75, 3.05) is 26.8 Å². The van der Waals surface area contributed by atoms with Crippen LogP contribution in [0.15, 0.2) is 18.2 Å². The summed E-state index contributed by atoms with van der Waals surface area (Å²) in [4.78, 5) is 2.16. The Kier molecular flexibility index (Phi) is 4.76. The van der Waals surface area contributed by atoms with E-state index in [1.54, 1.807) is 19.2 Å². The lowest BCUT2D eigenvalue weighted by atomic mass is 9.81. The van der Waals surface area contributed by atoms with Crippen molar-refractivity contribution in [1.82, 2.24) is 4.90 Å². The third kappa shape index (κ3) is 3.03. The molecule has 0 aromatic heterocycles. The van der Waals surface area contributed by atoms with Gasteiger partial charge in [0.1, 0.15) is 0 Å². The molecule has 0 unspecified atom stereocenters. The Morgan fingerprint density at radius 1 is 1.32 bits per heavy atom. The van der Waals surface area contributed by atoms with Gasteiger partial charge in [0.15, 0.2) is 11.6 Å². The molecule has 122 valence electrons. The number of likely N-dealkylation sites (tertiary alicyclic amines) is 1. The van der Waals surface area contributed by atoms with Gasteiger partial charge in [0, 0.05) is 38.9 Å². The normalized spacial score (nSPS) is 25.5. The lowest BCUT2D eigenvalue weighted by molar-refractivity contribution is -0.186. The molecule has 2 aliphatic heterocycles. The Balaban J connectivity index is 1.63. The van der Waals surface area contributed by atoms with Crippen LogP contribution in [0, 0.1) is 11.6 Å². The number of methoxy groups -OCH3 is 1. The molecule has 3 nitrogen and oxygen atoms in total. The van der Waals surface area contributed by atoms with E-state index >= 15 is 0 Å². The van der Waals surface area contributed by atoms with Crippen molar-refractivity contribution in [1.29, 1.82) is 0 Å². The molecule has 1 aromatic carbocycles. The maximum atomic E-state index is 13.8. The van der Waals surface area contributed by atoms with Crippen molar-refractivity contribution < 1.29 is 18.3 Å². The first-order valence-corrected chi connectivity index (χ1v) is 7.96. The minimum absolute atomic E-state index is 0.148. The van der Waals surface area contributed by atoms with Gasteiger partial charge in [-0.05, 0) is 31.7 Å². The Hall–Kier alpha value is -1.04. The summed E-state index contributed by atoms with van der Waals surface area (Å²) in [6.07, 6.45) is 3.98. The van der Waals surface area contributed by atoms with Gasteiger partial charge in [-0.1, -0.05) is 12.1 Å². The van der Waals surface area contributed by atoms with Gasteiger partial charge in [0.05, 0.1) is 11.7 Å². The van der Waals surface area contributed by atoms with Crippen LogP contribution in [0.5, 0.6) is 0 Å². The maximum absolute atomic E-state index is 13.8. The number of benzene rings is 1. The Bertz CT molecular complexity index is 515. The van der Waals surface area contributed by atoms with E-state index in [1.807, 2.05) is 0 Å². The highest BCUT2D eigenvalue weighted by Gasteiger charge is 2.44. The van der Waals surface area contributed by atoms with Gasteiger partial charge < -0.3 is 9.47 Å². The molecule has 0 saturated carbocycles. The molecule has 2 aliphatic rings. The highest BCUT2D eigenvalue weighted by atomic mass is 19.2. The third-order valence-corrected chi connectivity index (χ3v) is 5.00. The zero-order valence-corrected chi connectivity index (χ0v) is 13.0. The van der Waals surface area contributed by atoms with Gasteiger partial charge in [-0.3, -0.25) is 4.90 Å². The van der Waals surface area contributed by atoms with E-state index < -0.39 is 11.6 Å². The lowest BCUT2D eigenvalue weighted by Crippen LogP contribution is -2.55. The number of hydrogen-bond acceptors (Lipinski definition) is 3. The minimum atomic E-state index is -0.777. The smallest absolute Gasteiger partial charge is 0.163 e. The van der Waals surface area contributed by atoms with Crippen molar-refractivity contribution in [3.05, 3.63) is 35.4 Å². The van der Waals surface area contributed by atoms with Crippen LogP contribution in [0.3, 0.4) is 0 Å². The molecular weight excluding hydrogens is 288 g/mol. The average molecular weight is 311 g/mol. The predicted octanol–water partition coefficient (Wildman–Crippen LogP) is 3.12. The number of piperidine rings is 1. The standard InChI is InChI=1S/C17H23F2NO2/c1-21-15-6-3-11-22-17(15)7-9-20(10-8-17)12-13-4-2-5-14(18)16(13)19/h2,4-5,15H,3,6-12H2,1H3/t15-/m1/s1. The van der Waals surface area contributed by atoms with Crippen LogP contribution in [0.4, 0.5) is 8.78 Å². The molecule has 1 spiro atoms. The Morgan fingerprint density at radius 3 is 2.82 bits per heavy atom. The van der Waals surface area contributed by atoms with Crippen LogP contribution in [0.25, 0.3) is 0 Å². The van der Waals surface area contributed by atoms with Crippen LogP contribution in [-0.2, 0) is 16.0 Å². The van der Waals surface area contributed by atoms with Crippen LogP contribution >= 0.6 is 0 Å². The van der Waals surface area contributed by atoms with Crippen LogP contribution in [-0.4, -0.2) is 43.4 Å². The van der Waals surface area contributed by atoms with Gasteiger partial charge in [-0.2, -0.15) is 0 Å². The fourth-order valence-electron chi connectivity index (χ4n) is 3.70. The highest BCUT2D eigenvalue weighted by molar-refractivity contribution is 5.19. The molecule has 1 atom stereocenters. The molecule has 2 heterocycles. The topological polar surface area (TPSA) is 21.7 Å². The number of rotatable bonds is 3.